The highest BCUT2D eigenvalue weighted by molar-refractivity contribution is 5.78. The van der Waals surface area contributed by atoms with Crippen molar-refractivity contribution in [2.75, 3.05) is 0 Å². The Morgan fingerprint density at radius 3 is 2.54 bits per heavy atom. The standard InChI is InChI=1S/C18H16N4O2/c23-17-12-19-22(15-8-3-1-6-13(15)17)11-5-10-21-16-9-4-2-7-14(16)20-18(21)24/h1-4,6-9,12H,5,10-11H2,(H,20,24). The summed E-state index contributed by atoms with van der Waals surface area (Å²) in [5, 5.41) is 4.88. The van der Waals surface area contributed by atoms with Gasteiger partial charge in [-0.25, -0.2) is 4.79 Å². The molecule has 24 heavy (non-hydrogen) atoms. The highest BCUT2D eigenvalue weighted by Crippen LogP contribution is 2.11. The number of nitrogens with zero attached hydrogens (tertiary/aromatic N) is 3. The number of hydrogen-bond donors (Lipinski definition) is 1. The third-order valence-electron chi connectivity index (χ3n) is 4.20. The fraction of sp³-hybridized carbons (Fsp3) is 0.167. The van der Waals surface area contributed by atoms with Gasteiger partial charge in [0.15, 0.2) is 0 Å². The summed E-state index contributed by atoms with van der Waals surface area (Å²) in [5.41, 5.74) is 2.38. The lowest BCUT2D eigenvalue weighted by atomic mass is 10.2. The molecule has 2 heterocycles. The number of hydrogen-bond acceptors (Lipinski definition) is 3. The van der Waals surface area contributed by atoms with Gasteiger partial charge in [0, 0.05) is 18.5 Å². The lowest BCUT2D eigenvalue weighted by molar-refractivity contribution is 0.532. The van der Waals surface area contributed by atoms with Crippen LogP contribution in [-0.2, 0) is 13.1 Å². The van der Waals surface area contributed by atoms with E-state index in [4.69, 9.17) is 0 Å². The van der Waals surface area contributed by atoms with Crippen LogP contribution < -0.4 is 11.1 Å². The molecule has 6 heteroatoms. The van der Waals surface area contributed by atoms with Gasteiger partial charge in [0.05, 0.1) is 22.7 Å². The minimum atomic E-state index is -0.103. The summed E-state index contributed by atoms with van der Waals surface area (Å²) in [5.74, 6) is 0. The number of aromatic amines is 1. The first-order valence-electron chi connectivity index (χ1n) is 7.86. The van der Waals surface area contributed by atoms with E-state index in [1.165, 1.54) is 6.20 Å². The second kappa shape index (κ2) is 5.81. The normalized spacial score (nSPS) is 11.3. The van der Waals surface area contributed by atoms with Gasteiger partial charge in [-0.1, -0.05) is 24.3 Å². The van der Waals surface area contributed by atoms with Gasteiger partial charge in [-0.05, 0) is 30.7 Å². The number of fused-ring (bicyclic) bond motifs is 2. The SMILES string of the molecule is O=c1cnn(CCCn2c(=O)[nH]c3ccccc32)c2ccccc12. The molecule has 4 aromatic rings. The quantitative estimate of drug-likeness (QED) is 0.626. The van der Waals surface area contributed by atoms with Crippen molar-refractivity contribution in [2.24, 2.45) is 0 Å². The zero-order chi connectivity index (χ0) is 16.5. The van der Waals surface area contributed by atoms with E-state index in [1.54, 1.807) is 10.6 Å². The third-order valence-corrected chi connectivity index (χ3v) is 4.20. The van der Waals surface area contributed by atoms with Crippen molar-refractivity contribution in [1.29, 1.82) is 0 Å². The molecule has 0 atom stereocenters. The van der Waals surface area contributed by atoms with Crippen molar-refractivity contribution in [1.82, 2.24) is 19.3 Å². The van der Waals surface area contributed by atoms with Crippen LogP contribution in [0.3, 0.4) is 0 Å². The Morgan fingerprint density at radius 1 is 0.917 bits per heavy atom. The van der Waals surface area contributed by atoms with Gasteiger partial charge in [-0.3, -0.25) is 14.0 Å². The van der Waals surface area contributed by atoms with E-state index in [2.05, 4.69) is 10.1 Å². The minimum Gasteiger partial charge on any atom is -0.306 e. The average Bonchev–Trinajstić information content (AvgIpc) is 2.93. The lowest BCUT2D eigenvalue weighted by Gasteiger charge is -2.09. The fourth-order valence-corrected chi connectivity index (χ4v) is 3.05. The summed E-state index contributed by atoms with van der Waals surface area (Å²) in [7, 11) is 0. The van der Waals surface area contributed by atoms with Crippen LogP contribution in [0.5, 0.6) is 0 Å². The van der Waals surface area contributed by atoms with Gasteiger partial charge >= 0.3 is 5.69 Å². The monoisotopic (exact) mass is 320 g/mol. The number of H-pyrrole nitrogens is 1. The van der Waals surface area contributed by atoms with Crippen LogP contribution in [0.2, 0.25) is 0 Å². The number of aryl methyl sites for hydroxylation is 2. The molecule has 2 aromatic carbocycles. The summed E-state index contributed by atoms with van der Waals surface area (Å²) in [4.78, 5) is 26.8. The number of rotatable bonds is 4. The molecule has 0 aliphatic heterocycles. The molecule has 0 fully saturated rings. The maximum atomic E-state index is 12.1. The molecule has 2 aromatic heterocycles. The van der Waals surface area contributed by atoms with Crippen molar-refractivity contribution in [3.63, 3.8) is 0 Å². The van der Waals surface area contributed by atoms with Crippen LogP contribution >= 0.6 is 0 Å². The van der Waals surface area contributed by atoms with E-state index in [-0.39, 0.29) is 11.1 Å². The zero-order valence-corrected chi connectivity index (χ0v) is 13.0. The molecule has 0 aliphatic carbocycles. The molecule has 0 saturated heterocycles. The highest BCUT2D eigenvalue weighted by Gasteiger charge is 2.07. The van der Waals surface area contributed by atoms with Crippen LogP contribution in [0.1, 0.15) is 6.42 Å². The maximum absolute atomic E-state index is 12.1. The van der Waals surface area contributed by atoms with Gasteiger partial charge in [-0.15, -0.1) is 0 Å². The molecule has 0 aliphatic rings. The molecule has 0 saturated carbocycles. The smallest absolute Gasteiger partial charge is 0.306 e. The largest absolute Gasteiger partial charge is 0.326 e. The predicted octanol–water partition coefficient (Wildman–Crippen LogP) is 2.13. The Kier molecular flexibility index (Phi) is 3.49. The first-order valence-corrected chi connectivity index (χ1v) is 7.86. The number of benzene rings is 2. The molecule has 120 valence electrons. The molecule has 4 rings (SSSR count). The van der Waals surface area contributed by atoms with Crippen LogP contribution in [0, 0.1) is 0 Å². The molecule has 0 radical (unpaired) electrons. The first-order chi connectivity index (χ1) is 11.7. The van der Waals surface area contributed by atoms with Crippen LogP contribution in [0.25, 0.3) is 21.9 Å². The lowest BCUT2D eigenvalue weighted by Crippen LogP contribution is -2.19. The molecule has 0 bridgehead atoms. The Morgan fingerprint density at radius 2 is 1.67 bits per heavy atom. The van der Waals surface area contributed by atoms with Crippen molar-refractivity contribution in [3.05, 3.63) is 75.4 Å². The predicted molar refractivity (Wildman–Crippen MR) is 93.2 cm³/mol. The molecule has 0 amide bonds. The zero-order valence-electron chi connectivity index (χ0n) is 13.0. The van der Waals surface area contributed by atoms with Crippen molar-refractivity contribution < 1.29 is 0 Å². The maximum Gasteiger partial charge on any atom is 0.326 e. The summed E-state index contributed by atoms with van der Waals surface area (Å²) in [6.07, 6.45) is 2.09. The topological polar surface area (TPSA) is 72.7 Å². The average molecular weight is 320 g/mol. The fourth-order valence-electron chi connectivity index (χ4n) is 3.05. The summed E-state index contributed by atoms with van der Waals surface area (Å²) in [6, 6.07) is 15.1. The molecular formula is C18H16N4O2. The minimum absolute atomic E-state index is 0.0744. The van der Waals surface area contributed by atoms with Crippen LogP contribution in [-0.4, -0.2) is 19.3 Å². The van der Waals surface area contributed by atoms with E-state index in [1.807, 2.05) is 47.1 Å². The Balaban J connectivity index is 1.60. The van der Waals surface area contributed by atoms with Gasteiger partial charge in [0.1, 0.15) is 0 Å². The summed E-state index contributed by atoms with van der Waals surface area (Å²) < 4.78 is 3.55. The van der Waals surface area contributed by atoms with Crippen LogP contribution in [0.4, 0.5) is 0 Å². The number of aromatic nitrogens is 4. The van der Waals surface area contributed by atoms with E-state index in [9.17, 15) is 9.59 Å². The Bertz CT molecular complexity index is 1140. The number of imidazole rings is 1. The van der Waals surface area contributed by atoms with Crippen molar-refractivity contribution >= 4 is 21.9 Å². The molecule has 0 spiro atoms. The molecule has 0 unspecified atom stereocenters. The summed E-state index contributed by atoms with van der Waals surface area (Å²) in [6.45, 7) is 1.22. The summed E-state index contributed by atoms with van der Waals surface area (Å²) >= 11 is 0. The molecule has 1 N–H and O–H groups in total. The second-order valence-corrected chi connectivity index (χ2v) is 5.70. The van der Waals surface area contributed by atoms with Gasteiger partial charge in [0.2, 0.25) is 5.43 Å². The van der Waals surface area contributed by atoms with E-state index >= 15 is 0 Å². The first kappa shape index (κ1) is 14.4. The molecular weight excluding hydrogens is 304 g/mol. The van der Waals surface area contributed by atoms with Gasteiger partial charge < -0.3 is 4.98 Å². The highest BCUT2D eigenvalue weighted by atomic mass is 16.1. The van der Waals surface area contributed by atoms with Gasteiger partial charge in [-0.2, -0.15) is 5.10 Å². The Labute approximate surface area is 137 Å². The second-order valence-electron chi connectivity index (χ2n) is 5.70. The van der Waals surface area contributed by atoms with E-state index < -0.39 is 0 Å². The van der Waals surface area contributed by atoms with E-state index in [0.717, 1.165) is 23.0 Å². The number of para-hydroxylation sites is 3. The van der Waals surface area contributed by atoms with E-state index in [0.29, 0.717) is 18.5 Å². The third kappa shape index (κ3) is 2.42. The van der Waals surface area contributed by atoms with Crippen molar-refractivity contribution in [2.45, 2.75) is 19.5 Å². The molecule has 6 nitrogen and oxygen atoms in total. The van der Waals surface area contributed by atoms with Crippen molar-refractivity contribution in [3.8, 4) is 0 Å². The number of nitrogens with one attached hydrogen (secondary N) is 1. The van der Waals surface area contributed by atoms with Gasteiger partial charge in [0.25, 0.3) is 0 Å². The Hall–Kier alpha value is -3.15. The van der Waals surface area contributed by atoms with Crippen LogP contribution in [0.15, 0.2) is 64.3 Å².